The molecule has 0 saturated carbocycles. The van der Waals surface area contributed by atoms with E-state index in [2.05, 4.69) is 44.9 Å². The highest BCUT2D eigenvalue weighted by Gasteiger charge is 2.21. The number of unbranched alkanes of at least 4 members (excludes halogenated alkanes) is 4. The molecule has 0 aromatic heterocycles. The molecular formula is C21H38ClN. The smallest absolute Gasteiger partial charge is 0.0402 e. The lowest BCUT2D eigenvalue weighted by molar-refractivity contribution is 0.217. The maximum absolute atomic E-state index is 6.13. The fraction of sp³-hybridized carbons (Fsp3) is 0.714. The minimum atomic E-state index is 0.221. The van der Waals surface area contributed by atoms with Crippen molar-refractivity contribution in [1.29, 1.82) is 0 Å². The Kier molecular flexibility index (Phi) is 13.5. The Hall–Kier alpha value is -0.530. The van der Waals surface area contributed by atoms with Crippen molar-refractivity contribution in [2.45, 2.75) is 72.6 Å². The summed E-state index contributed by atoms with van der Waals surface area (Å²) in [5.74, 6) is 0. The molecule has 23 heavy (non-hydrogen) atoms. The molecule has 0 aliphatic rings. The molecule has 0 fully saturated rings. The lowest BCUT2D eigenvalue weighted by Gasteiger charge is -2.31. The van der Waals surface area contributed by atoms with Gasteiger partial charge in [0, 0.05) is 11.6 Å². The first-order valence-electron chi connectivity index (χ1n) is 9.33. The summed E-state index contributed by atoms with van der Waals surface area (Å²) in [5.41, 5.74) is 0.221. The van der Waals surface area contributed by atoms with Crippen LogP contribution < -0.4 is 0 Å². The Morgan fingerprint density at radius 1 is 1.09 bits per heavy atom. The fourth-order valence-electron chi connectivity index (χ4n) is 2.89. The first kappa shape index (κ1) is 22.5. The first-order chi connectivity index (χ1) is 11.0. The number of nitrogens with zero attached hydrogens (tertiary/aromatic N) is 1. The molecule has 2 heteroatoms. The van der Waals surface area contributed by atoms with E-state index in [0.717, 1.165) is 11.6 Å². The van der Waals surface area contributed by atoms with Gasteiger partial charge < -0.3 is 4.90 Å². The van der Waals surface area contributed by atoms with Crippen molar-refractivity contribution in [3.05, 3.63) is 35.4 Å². The van der Waals surface area contributed by atoms with E-state index in [1.54, 1.807) is 0 Å². The van der Waals surface area contributed by atoms with Crippen molar-refractivity contribution >= 4 is 11.6 Å². The minimum Gasteiger partial charge on any atom is -0.306 e. The lowest BCUT2D eigenvalue weighted by atomic mass is 9.83. The molecule has 0 aromatic rings. The molecule has 1 atom stereocenters. The number of hydrogen-bond donors (Lipinski definition) is 0. The van der Waals surface area contributed by atoms with Gasteiger partial charge in [0.05, 0.1) is 0 Å². The van der Waals surface area contributed by atoms with Crippen LogP contribution >= 0.6 is 11.6 Å². The van der Waals surface area contributed by atoms with Crippen LogP contribution in [0.15, 0.2) is 35.4 Å². The Morgan fingerprint density at radius 2 is 1.78 bits per heavy atom. The topological polar surface area (TPSA) is 3.24 Å². The Morgan fingerprint density at radius 3 is 2.39 bits per heavy atom. The minimum absolute atomic E-state index is 0.221. The van der Waals surface area contributed by atoms with Crippen LogP contribution in [0.25, 0.3) is 0 Å². The first-order valence-corrected chi connectivity index (χ1v) is 9.71. The van der Waals surface area contributed by atoms with Gasteiger partial charge in [-0.05, 0) is 50.9 Å². The summed E-state index contributed by atoms with van der Waals surface area (Å²) in [6.45, 7) is 11.2. The average molecular weight is 340 g/mol. The molecule has 0 bridgehead atoms. The molecule has 0 radical (unpaired) electrons. The predicted octanol–water partition coefficient (Wildman–Crippen LogP) is 6.95. The molecule has 134 valence electrons. The van der Waals surface area contributed by atoms with Crippen LogP contribution in [-0.4, -0.2) is 25.0 Å². The van der Waals surface area contributed by atoms with Crippen molar-refractivity contribution in [3.8, 4) is 0 Å². The van der Waals surface area contributed by atoms with Crippen LogP contribution in [-0.2, 0) is 0 Å². The zero-order chi connectivity index (χ0) is 17.6. The van der Waals surface area contributed by atoms with E-state index >= 15 is 0 Å². The fourth-order valence-corrected chi connectivity index (χ4v) is 3.09. The second-order valence-corrected chi connectivity index (χ2v) is 7.40. The number of allylic oxidation sites excluding steroid dienone is 5. The molecule has 0 heterocycles. The highest BCUT2D eigenvalue weighted by atomic mass is 35.5. The van der Waals surface area contributed by atoms with Gasteiger partial charge in [0.15, 0.2) is 0 Å². The Bertz CT molecular complexity index is 370. The number of halogens is 1. The molecular weight excluding hydrogens is 302 g/mol. The molecule has 0 spiro atoms. The highest BCUT2D eigenvalue weighted by molar-refractivity contribution is 6.31. The molecule has 0 aromatic carbocycles. The largest absolute Gasteiger partial charge is 0.306 e. The molecule has 1 nitrogen and oxygen atoms in total. The van der Waals surface area contributed by atoms with Gasteiger partial charge in [0.1, 0.15) is 0 Å². The van der Waals surface area contributed by atoms with Gasteiger partial charge in [-0.15, -0.1) is 0 Å². The second kappa shape index (κ2) is 13.9. The van der Waals surface area contributed by atoms with E-state index in [0.29, 0.717) is 0 Å². The van der Waals surface area contributed by atoms with Gasteiger partial charge in [-0.1, -0.05) is 82.7 Å². The number of hydrogen-bond acceptors (Lipinski definition) is 1. The van der Waals surface area contributed by atoms with E-state index in [9.17, 15) is 0 Å². The summed E-state index contributed by atoms with van der Waals surface area (Å²) in [5, 5.41) is 0.787. The van der Waals surface area contributed by atoms with Gasteiger partial charge in [-0.25, -0.2) is 0 Å². The van der Waals surface area contributed by atoms with Gasteiger partial charge in [0.25, 0.3) is 0 Å². The van der Waals surface area contributed by atoms with E-state index in [1.807, 2.05) is 25.2 Å². The van der Waals surface area contributed by atoms with E-state index in [1.165, 1.54) is 51.5 Å². The van der Waals surface area contributed by atoms with Crippen LogP contribution in [0, 0.1) is 5.41 Å². The van der Waals surface area contributed by atoms with Crippen LogP contribution in [0.5, 0.6) is 0 Å². The SMILES string of the molecule is C\C=C/C(Cl)=C\C=C\C(C)(CCCC)CN(C)CCCCCC. The average Bonchev–Trinajstić information content (AvgIpc) is 2.50. The van der Waals surface area contributed by atoms with Gasteiger partial charge in [0.2, 0.25) is 0 Å². The van der Waals surface area contributed by atoms with Crippen molar-refractivity contribution in [2.24, 2.45) is 5.41 Å². The molecule has 0 saturated heterocycles. The van der Waals surface area contributed by atoms with Gasteiger partial charge in [-0.2, -0.15) is 0 Å². The van der Waals surface area contributed by atoms with Crippen LogP contribution in [0.1, 0.15) is 72.6 Å². The van der Waals surface area contributed by atoms with E-state index < -0.39 is 0 Å². The number of rotatable bonds is 13. The van der Waals surface area contributed by atoms with Gasteiger partial charge >= 0.3 is 0 Å². The van der Waals surface area contributed by atoms with Crippen LogP contribution in [0.3, 0.4) is 0 Å². The highest BCUT2D eigenvalue weighted by Crippen LogP contribution is 2.27. The van der Waals surface area contributed by atoms with Crippen LogP contribution in [0.4, 0.5) is 0 Å². The summed E-state index contributed by atoms with van der Waals surface area (Å²) in [6.07, 6.45) is 19.4. The third-order valence-corrected chi connectivity index (χ3v) is 4.46. The molecule has 0 aliphatic heterocycles. The maximum atomic E-state index is 6.13. The summed E-state index contributed by atoms with van der Waals surface area (Å²) < 4.78 is 0. The second-order valence-electron chi connectivity index (χ2n) is 6.97. The normalized spacial score (nSPS) is 15.9. The van der Waals surface area contributed by atoms with Crippen molar-refractivity contribution in [2.75, 3.05) is 20.1 Å². The summed E-state index contributed by atoms with van der Waals surface area (Å²) in [7, 11) is 2.26. The third kappa shape index (κ3) is 12.5. The lowest BCUT2D eigenvalue weighted by Crippen LogP contribution is -2.33. The van der Waals surface area contributed by atoms with E-state index in [4.69, 9.17) is 11.6 Å². The van der Waals surface area contributed by atoms with Crippen molar-refractivity contribution in [1.82, 2.24) is 4.90 Å². The van der Waals surface area contributed by atoms with Crippen molar-refractivity contribution in [3.63, 3.8) is 0 Å². The summed E-state index contributed by atoms with van der Waals surface area (Å²) in [4.78, 5) is 2.49. The predicted molar refractivity (Wildman–Crippen MR) is 107 cm³/mol. The molecule has 0 aliphatic carbocycles. The van der Waals surface area contributed by atoms with Gasteiger partial charge in [-0.3, -0.25) is 0 Å². The van der Waals surface area contributed by atoms with E-state index in [-0.39, 0.29) is 5.41 Å². The zero-order valence-corrected chi connectivity index (χ0v) is 16.8. The summed E-state index contributed by atoms with van der Waals surface area (Å²) >= 11 is 6.13. The molecule has 1 unspecified atom stereocenters. The Labute approximate surface area is 150 Å². The molecule has 0 N–H and O–H groups in total. The van der Waals surface area contributed by atoms with Crippen molar-refractivity contribution < 1.29 is 0 Å². The standard InChI is InChI=1S/C21H38ClN/c1-6-9-11-12-18-23(5)19-21(4,16-10-7-2)17-13-15-20(22)14-8-3/h8,13-15,17H,6-7,9-12,16,18-19H2,1-5H3/b14-8-,17-13+,20-15+. The summed E-state index contributed by atoms with van der Waals surface area (Å²) in [6, 6.07) is 0. The van der Waals surface area contributed by atoms with Crippen LogP contribution in [0.2, 0.25) is 0 Å². The Balaban J connectivity index is 4.62. The maximum Gasteiger partial charge on any atom is 0.0402 e. The third-order valence-electron chi connectivity index (χ3n) is 4.21. The quantitative estimate of drug-likeness (QED) is 0.259. The monoisotopic (exact) mass is 339 g/mol. The zero-order valence-electron chi connectivity index (χ0n) is 16.1. The molecule has 0 amide bonds. The molecule has 0 rings (SSSR count).